The molecule has 0 aromatic carbocycles. The van der Waals surface area contributed by atoms with E-state index in [1.54, 1.807) is 6.92 Å². The number of unbranched alkanes of at least 4 members (excludes halogenated alkanes) is 5. The van der Waals surface area contributed by atoms with Crippen molar-refractivity contribution in [3.63, 3.8) is 0 Å². The molecule has 30 atom stereocenters. The summed E-state index contributed by atoms with van der Waals surface area (Å²) in [6, 6.07) is 0. The largest absolute Gasteiger partial charge is 0.394 e. The number of aliphatic hydroxyl groups excluding tert-OH is 20. The molecule has 25 N–H and O–H groups in total. The normalized spacial score (nSPS) is 34.2. The third-order valence-electron chi connectivity index (χ3n) is 20.8. The van der Waals surface area contributed by atoms with E-state index < -0.39 is 255 Å². The Morgan fingerprint density at radius 2 is 0.598 bits per heavy atom. The summed E-state index contributed by atoms with van der Waals surface area (Å²) in [6.07, 6.45) is -40.0. The third-order valence-corrected chi connectivity index (χ3v) is 20.8. The molecule has 47 heteroatoms. The van der Waals surface area contributed by atoms with Crippen molar-refractivity contribution in [2.45, 2.75) is 302 Å². The molecule has 0 aromatic heterocycles. The van der Waals surface area contributed by atoms with Crippen molar-refractivity contribution in [2.24, 2.45) is 0 Å². The Kier molecular flexibility index (Phi) is 49.7. The van der Waals surface area contributed by atoms with Gasteiger partial charge in [-0.3, -0.25) is 48.2 Å². The summed E-state index contributed by atoms with van der Waals surface area (Å²) < 4.78 is 65.8. The molecule has 47 nitrogen and oxygen atoms in total. The highest BCUT2D eigenvalue weighted by Gasteiger charge is 2.53. The second kappa shape index (κ2) is 56.3. The first-order valence-electron chi connectivity index (χ1n) is 41.4. The number of carbonyl (C=O) groups is 8. The number of carbonyl (C=O) groups excluding carboxylic acids is 8. The molecule has 6 heterocycles. The fraction of sp³-hybridized carbons (Fsp3) is 0.893. The molecule has 122 heavy (non-hydrogen) atoms. The number of ketones is 3. The van der Waals surface area contributed by atoms with Crippen molar-refractivity contribution >= 4 is 46.9 Å². The highest BCUT2D eigenvalue weighted by atomic mass is 16.8. The SMILES string of the molecule is CCNC(=O)CCCCCCC(=O)CN(CC(=O)CCCO[C@@H]1O[C@@H](C)[C@@H](O)[C@@H](O)[C@@H]1O)CC(=O)CCCO[C@@H]1O[C@@H](C)[C@@H](O)[C@@H](O)[C@@H]1O.CCNC(=O)CCCCCNC(=O)CN(CC(=O)NCCO[C@H]1O[C@H](CO)[C@@H](O)[C@H](O)[C@@H]1O)CC(=O)NCCO[C@H]1O[C@H](CO[C@H]2O[C@H](CO)[C@@H](O)[C@H](O)[C@@H]2O)[C@@H](O)[C@H](O[C@H]2O[C@H](CO)[C@@H](O)[C@H](O)[C@@H]2O)[C@@H]1O. The quantitative estimate of drug-likeness (QED) is 0.0252. The van der Waals surface area contributed by atoms with Crippen molar-refractivity contribution < 1.29 is 197 Å². The average Bonchev–Trinajstić information content (AvgIpc) is 0.775. The molecule has 0 radical (unpaired) electrons. The van der Waals surface area contributed by atoms with Crippen LogP contribution in [0.15, 0.2) is 0 Å². The van der Waals surface area contributed by atoms with Crippen LogP contribution < -0.4 is 26.6 Å². The molecule has 6 saturated heterocycles. The Bertz CT molecular complexity index is 3000. The van der Waals surface area contributed by atoms with Gasteiger partial charge in [0, 0.05) is 64.8 Å². The molecule has 0 aromatic rings. The van der Waals surface area contributed by atoms with Crippen molar-refractivity contribution in [1.29, 1.82) is 0 Å². The summed E-state index contributed by atoms with van der Waals surface area (Å²) in [4.78, 5) is 104. The summed E-state index contributed by atoms with van der Waals surface area (Å²) in [6.45, 7) is 1.98. The molecule has 6 aliphatic heterocycles. The Morgan fingerprint density at radius 1 is 0.287 bits per heavy atom. The van der Waals surface area contributed by atoms with Gasteiger partial charge in [0.2, 0.25) is 29.5 Å². The lowest BCUT2D eigenvalue weighted by molar-refractivity contribution is -0.366. The van der Waals surface area contributed by atoms with Gasteiger partial charge in [-0.05, 0) is 66.2 Å². The van der Waals surface area contributed by atoms with E-state index in [1.165, 1.54) is 23.6 Å². The summed E-state index contributed by atoms with van der Waals surface area (Å²) in [5.41, 5.74) is 0. The zero-order chi connectivity index (χ0) is 90.4. The van der Waals surface area contributed by atoms with Crippen LogP contribution >= 0.6 is 0 Å². The van der Waals surface area contributed by atoms with Gasteiger partial charge in [-0.2, -0.15) is 0 Å². The molecule has 6 rings (SSSR count). The fourth-order valence-corrected chi connectivity index (χ4v) is 13.7. The third kappa shape index (κ3) is 35.2. The van der Waals surface area contributed by atoms with Crippen LogP contribution in [-0.4, -0.2) is 468 Å². The maximum Gasteiger partial charge on any atom is 0.234 e. The van der Waals surface area contributed by atoms with E-state index in [4.69, 9.17) is 56.8 Å². The lowest BCUT2D eigenvalue weighted by Crippen LogP contribution is -2.65. The first kappa shape index (κ1) is 108. The lowest BCUT2D eigenvalue weighted by atomic mass is 9.96. The maximum atomic E-state index is 13.2. The van der Waals surface area contributed by atoms with Crippen LogP contribution in [0.5, 0.6) is 0 Å². The van der Waals surface area contributed by atoms with Gasteiger partial charge < -0.3 is 186 Å². The number of rotatable bonds is 53. The van der Waals surface area contributed by atoms with Crippen molar-refractivity contribution in [2.75, 3.05) is 125 Å². The molecule has 0 bridgehead atoms. The standard InChI is InChI=1S/C42H75N5O26.C33H58N2O14/c1-2-43-23(51)6-4-3-5-7-44-24(52)12-47(13-25(53)45-8-10-66-39-34(62)31(59)27(55)19(15-48)69-39)14-26(54)46-9-11-67-41-37(65)38(73-42-36(64)33(61)29(57)21(17-50)71-42)30(58)22(72-41)18-68-40-35(63)32(60)28(56)20(16-49)70-40;1-4-34-25(39)14-8-6-5-7-11-22(36)17-35(18-23(37)12-9-15-46-32-30(44)28(42)26(40)20(2)48-32)19-24(38)13-10-16-47-33-31(45)29(43)27(41)21(3)49-33/h19-22,27-42,48-50,55-65H,2-18H2,1H3,(H,43,51)(H,44,52)(H,45,53)(H,46,54);20-21,26-33,40-45H,4-19H2,1-3H3,(H,34,39)/t19-,20-,21-,22-,27-,28-,29-,30-,31+,32+,33+,34+,35+,36+,37+,38+,39+,40+,41+,42-;20-,21-,26+,27+,28+,29+,30-,31-,32+,33+/m10/s1. The van der Waals surface area contributed by atoms with E-state index in [0.29, 0.717) is 51.6 Å². The molecule has 6 aliphatic rings. The van der Waals surface area contributed by atoms with Crippen LogP contribution in [0.25, 0.3) is 0 Å². The van der Waals surface area contributed by atoms with Gasteiger partial charge in [-0.1, -0.05) is 19.3 Å². The number of amides is 5. The monoisotopic (exact) mass is 1770 g/mol. The van der Waals surface area contributed by atoms with Crippen LogP contribution in [-0.2, 0) is 95.2 Å². The highest BCUT2D eigenvalue weighted by molar-refractivity contribution is 5.86. The van der Waals surface area contributed by atoms with Crippen LogP contribution in [0.4, 0.5) is 0 Å². The molecule has 0 saturated carbocycles. The Morgan fingerprint density at radius 3 is 1.00 bits per heavy atom. The van der Waals surface area contributed by atoms with E-state index in [0.717, 1.165) is 19.3 Å². The molecular formula is C75H133N7O40. The van der Waals surface area contributed by atoms with Gasteiger partial charge in [0.15, 0.2) is 37.7 Å². The smallest absolute Gasteiger partial charge is 0.234 e. The first-order chi connectivity index (χ1) is 58.0. The zero-order valence-corrected chi connectivity index (χ0v) is 69.2. The number of ether oxygens (including phenoxy) is 12. The number of nitrogens with zero attached hydrogens (tertiary/aromatic N) is 2. The summed E-state index contributed by atoms with van der Waals surface area (Å²) in [5.74, 6) is -2.62. The molecule has 0 aliphatic carbocycles. The molecular weight excluding hydrogens is 1640 g/mol. The van der Waals surface area contributed by atoms with Crippen molar-refractivity contribution in [3.8, 4) is 0 Å². The van der Waals surface area contributed by atoms with E-state index in [-0.39, 0.29) is 120 Å². The van der Waals surface area contributed by atoms with E-state index in [9.17, 15) is 140 Å². The number of aliphatic hydroxyl groups is 20. The van der Waals surface area contributed by atoms with Crippen LogP contribution in [0.2, 0.25) is 0 Å². The van der Waals surface area contributed by atoms with Crippen LogP contribution in [0.1, 0.15) is 118 Å². The minimum absolute atomic E-state index is 0.00275. The fourth-order valence-electron chi connectivity index (χ4n) is 13.7. The Hall–Kier alpha value is -5.00. The highest BCUT2D eigenvalue weighted by Crippen LogP contribution is 2.32. The van der Waals surface area contributed by atoms with Crippen LogP contribution in [0.3, 0.4) is 0 Å². The molecule has 0 spiro atoms. The van der Waals surface area contributed by atoms with Crippen molar-refractivity contribution in [1.82, 2.24) is 36.4 Å². The Balaban J connectivity index is 0.000000470. The van der Waals surface area contributed by atoms with Gasteiger partial charge in [0.05, 0.1) is 104 Å². The number of Topliss-reactive ketones (excluding diaryl/α,β-unsaturated/α-hetero) is 3. The molecule has 5 amide bonds. The van der Waals surface area contributed by atoms with E-state index in [2.05, 4.69) is 26.6 Å². The van der Waals surface area contributed by atoms with Crippen LogP contribution in [0, 0.1) is 0 Å². The topological polar surface area (TPSA) is 719 Å². The molecule has 6 fully saturated rings. The Labute approximate surface area is 705 Å². The van der Waals surface area contributed by atoms with E-state index in [1.807, 2.05) is 6.92 Å². The number of hydrogen-bond donors (Lipinski definition) is 25. The van der Waals surface area contributed by atoms with Crippen molar-refractivity contribution in [3.05, 3.63) is 0 Å². The van der Waals surface area contributed by atoms with Gasteiger partial charge in [0.25, 0.3) is 0 Å². The summed E-state index contributed by atoms with van der Waals surface area (Å²) in [7, 11) is 0. The minimum atomic E-state index is -1.98. The second-order valence-corrected chi connectivity index (χ2v) is 30.7. The first-order valence-corrected chi connectivity index (χ1v) is 41.4. The predicted molar refractivity (Wildman–Crippen MR) is 410 cm³/mol. The average molecular weight is 1770 g/mol. The molecule has 0 unspecified atom stereocenters. The number of hydrogen-bond acceptors (Lipinski definition) is 42. The van der Waals surface area contributed by atoms with Gasteiger partial charge in [-0.15, -0.1) is 0 Å². The summed E-state index contributed by atoms with van der Waals surface area (Å²) in [5, 5.41) is 216. The minimum Gasteiger partial charge on any atom is -0.394 e. The maximum absolute atomic E-state index is 13.2. The lowest BCUT2D eigenvalue weighted by Gasteiger charge is -2.46. The van der Waals surface area contributed by atoms with Gasteiger partial charge in [0.1, 0.15) is 152 Å². The van der Waals surface area contributed by atoms with Gasteiger partial charge in [-0.25, -0.2) is 0 Å². The summed E-state index contributed by atoms with van der Waals surface area (Å²) >= 11 is 0. The zero-order valence-electron chi connectivity index (χ0n) is 69.2. The number of nitrogens with one attached hydrogen (secondary N) is 5. The van der Waals surface area contributed by atoms with Gasteiger partial charge >= 0.3 is 0 Å². The predicted octanol–water partition coefficient (Wildman–Crippen LogP) is -12.7. The molecule has 708 valence electrons. The second-order valence-electron chi connectivity index (χ2n) is 30.7. The van der Waals surface area contributed by atoms with E-state index >= 15 is 0 Å².